The Morgan fingerprint density at radius 3 is 2.31 bits per heavy atom. The molecule has 1 atom stereocenters. The zero-order chi connectivity index (χ0) is 18.4. The number of hydrogen-bond donors (Lipinski definition) is 2. The number of rotatable bonds is 8. The molecule has 26 heavy (non-hydrogen) atoms. The van der Waals surface area contributed by atoms with Gasteiger partial charge in [0.1, 0.15) is 11.7 Å². The summed E-state index contributed by atoms with van der Waals surface area (Å²) < 4.78 is 11.5. The molecule has 136 valence electrons. The third-order valence-electron chi connectivity index (χ3n) is 4.15. The highest BCUT2D eigenvalue weighted by atomic mass is 16.7. The van der Waals surface area contributed by atoms with Gasteiger partial charge in [0.2, 0.25) is 0 Å². The van der Waals surface area contributed by atoms with Crippen molar-refractivity contribution in [3.63, 3.8) is 0 Å². The summed E-state index contributed by atoms with van der Waals surface area (Å²) in [7, 11) is 0. The topological polar surface area (TPSA) is 63.4 Å². The number of ether oxygens (including phenoxy) is 2. The fourth-order valence-corrected chi connectivity index (χ4v) is 2.95. The van der Waals surface area contributed by atoms with E-state index in [9.17, 15) is 4.79 Å². The number of carbonyl (C=O) groups excluding carboxylic acids is 1. The van der Waals surface area contributed by atoms with E-state index in [2.05, 4.69) is 10.3 Å². The number of amides is 1. The Balaban J connectivity index is 1.87. The zero-order valence-corrected chi connectivity index (χ0v) is 15.1. The molecule has 0 aliphatic rings. The Morgan fingerprint density at radius 2 is 1.65 bits per heavy atom. The van der Waals surface area contributed by atoms with Crippen LogP contribution in [0.25, 0.3) is 10.9 Å². The SMILES string of the molecule is CCOC(OCC)C(NC(=O)c1cc2ccccc2[nH]1)c1ccccc1. The number of aromatic amines is 1. The van der Waals surface area contributed by atoms with Crippen LogP contribution < -0.4 is 5.32 Å². The fourth-order valence-electron chi connectivity index (χ4n) is 2.95. The van der Waals surface area contributed by atoms with E-state index >= 15 is 0 Å². The van der Waals surface area contributed by atoms with Crippen LogP contribution in [-0.2, 0) is 9.47 Å². The maximum absolute atomic E-state index is 12.9. The van der Waals surface area contributed by atoms with Crippen LogP contribution in [0.5, 0.6) is 0 Å². The van der Waals surface area contributed by atoms with E-state index in [1.165, 1.54) is 0 Å². The lowest BCUT2D eigenvalue weighted by Crippen LogP contribution is -2.39. The monoisotopic (exact) mass is 352 g/mol. The van der Waals surface area contributed by atoms with Crippen molar-refractivity contribution in [2.45, 2.75) is 26.2 Å². The number of H-pyrrole nitrogens is 1. The number of aromatic nitrogens is 1. The van der Waals surface area contributed by atoms with Gasteiger partial charge in [0.15, 0.2) is 6.29 Å². The van der Waals surface area contributed by atoms with E-state index in [4.69, 9.17) is 9.47 Å². The molecule has 1 aromatic heterocycles. The quantitative estimate of drug-likeness (QED) is 0.602. The predicted octanol–water partition coefficient (Wildman–Crippen LogP) is 4.04. The molecule has 5 nitrogen and oxygen atoms in total. The standard InChI is InChI=1S/C21H24N2O3/c1-3-25-21(26-4-2)19(15-10-6-5-7-11-15)23-20(24)18-14-16-12-8-9-13-17(16)22-18/h5-14,19,21-22H,3-4H2,1-2H3,(H,23,24). The van der Waals surface area contributed by atoms with Crippen molar-refractivity contribution in [3.05, 3.63) is 71.9 Å². The highest BCUT2D eigenvalue weighted by Crippen LogP contribution is 2.22. The highest BCUT2D eigenvalue weighted by molar-refractivity contribution is 5.98. The summed E-state index contributed by atoms with van der Waals surface area (Å²) in [5.74, 6) is -0.195. The van der Waals surface area contributed by atoms with Crippen molar-refractivity contribution in [1.82, 2.24) is 10.3 Å². The molecule has 3 aromatic rings. The molecule has 5 heteroatoms. The number of nitrogens with one attached hydrogen (secondary N) is 2. The maximum Gasteiger partial charge on any atom is 0.268 e. The number of fused-ring (bicyclic) bond motifs is 1. The van der Waals surface area contributed by atoms with Gasteiger partial charge < -0.3 is 19.8 Å². The van der Waals surface area contributed by atoms with E-state index in [0.717, 1.165) is 16.5 Å². The highest BCUT2D eigenvalue weighted by Gasteiger charge is 2.27. The minimum atomic E-state index is -0.555. The van der Waals surface area contributed by atoms with Crippen LogP contribution in [-0.4, -0.2) is 30.4 Å². The molecule has 0 bridgehead atoms. The first-order valence-electron chi connectivity index (χ1n) is 8.89. The Labute approximate surface area is 153 Å². The molecule has 0 saturated heterocycles. The lowest BCUT2D eigenvalue weighted by Gasteiger charge is -2.27. The molecule has 1 unspecified atom stereocenters. The average molecular weight is 352 g/mol. The normalized spacial score (nSPS) is 12.4. The van der Waals surface area contributed by atoms with Gasteiger partial charge in [-0.1, -0.05) is 48.5 Å². The summed E-state index contributed by atoms with van der Waals surface area (Å²) in [4.78, 5) is 16.0. The fraction of sp³-hybridized carbons (Fsp3) is 0.286. The van der Waals surface area contributed by atoms with E-state index in [1.54, 1.807) is 0 Å². The summed E-state index contributed by atoms with van der Waals surface area (Å²) >= 11 is 0. The van der Waals surface area contributed by atoms with Crippen LogP contribution in [0.2, 0.25) is 0 Å². The number of benzene rings is 2. The molecule has 1 heterocycles. The molecule has 3 rings (SSSR count). The van der Waals surface area contributed by atoms with E-state index in [1.807, 2.05) is 74.5 Å². The molecule has 0 fully saturated rings. The van der Waals surface area contributed by atoms with Crippen LogP contribution in [0.3, 0.4) is 0 Å². The average Bonchev–Trinajstić information content (AvgIpc) is 3.11. The molecule has 0 aliphatic carbocycles. The largest absolute Gasteiger partial charge is 0.351 e. The van der Waals surface area contributed by atoms with Crippen molar-refractivity contribution < 1.29 is 14.3 Å². The second-order valence-electron chi connectivity index (χ2n) is 5.91. The van der Waals surface area contributed by atoms with E-state index in [0.29, 0.717) is 18.9 Å². The first-order valence-corrected chi connectivity index (χ1v) is 8.89. The zero-order valence-electron chi connectivity index (χ0n) is 15.1. The Bertz CT molecular complexity index is 806. The summed E-state index contributed by atoms with van der Waals surface area (Å²) in [5, 5.41) is 4.06. The van der Waals surface area contributed by atoms with Gasteiger partial charge in [-0.2, -0.15) is 0 Å². The molecule has 2 aromatic carbocycles. The summed E-state index contributed by atoms with van der Waals surface area (Å²) in [6.07, 6.45) is -0.555. The van der Waals surface area contributed by atoms with Crippen LogP contribution in [0.4, 0.5) is 0 Å². The van der Waals surface area contributed by atoms with Gasteiger partial charge in [-0.15, -0.1) is 0 Å². The number of hydrogen-bond acceptors (Lipinski definition) is 3. The van der Waals surface area contributed by atoms with Crippen molar-refractivity contribution in [2.75, 3.05) is 13.2 Å². The van der Waals surface area contributed by atoms with E-state index in [-0.39, 0.29) is 5.91 Å². The van der Waals surface area contributed by atoms with Crippen molar-refractivity contribution in [2.24, 2.45) is 0 Å². The van der Waals surface area contributed by atoms with Crippen LogP contribution in [0, 0.1) is 0 Å². The molecular formula is C21H24N2O3. The van der Waals surface area contributed by atoms with Gasteiger partial charge in [-0.05, 0) is 31.5 Å². The summed E-state index contributed by atoms with van der Waals surface area (Å²) in [5.41, 5.74) is 2.38. The Hall–Kier alpha value is -2.63. The molecule has 1 amide bonds. The van der Waals surface area contributed by atoms with Gasteiger partial charge >= 0.3 is 0 Å². The lowest BCUT2D eigenvalue weighted by atomic mass is 10.1. The minimum absolute atomic E-state index is 0.195. The summed E-state index contributed by atoms with van der Waals surface area (Å²) in [6, 6.07) is 19.0. The number of carbonyl (C=O) groups is 1. The smallest absolute Gasteiger partial charge is 0.268 e. The first-order chi connectivity index (χ1) is 12.7. The Kier molecular flexibility index (Phi) is 6.04. The first kappa shape index (κ1) is 18.2. The van der Waals surface area contributed by atoms with Gasteiger partial charge in [-0.25, -0.2) is 0 Å². The maximum atomic E-state index is 12.9. The number of para-hydroxylation sites is 1. The molecule has 2 N–H and O–H groups in total. The molecular weight excluding hydrogens is 328 g/mol. The second-order valence-corrected chi connectivity index (χ2v) is 5.91. The third-order valence-corrected chi connectivity index (χ3v) is 4.15. The molecule has 0 aliphatic heterocycles. The van der Waals surface area contributed by atoms with Crippen molar-refractivity contribution in [3.8, 4) is 0 Å². The Morgan fingerprint density at radius 1 is 1.00 bits per heavy atom. The van der Waals surface area contributed by atoms with Gasteiger partial charge in [0.05, 0.1) is 0 Å². The predicted molar refractivity (Wildman–Crippen MR) is 102 cm³/mol. The molecule has 0 radical (unpaired) electrons. The van der Waals surface area contributed by atoms with Crippen molar-refractivity contribution >= 4 is 16.8 Å². The third kappa shape index (κ3) is 4.12. The molecule has 0 saturated carbocycles. The second kappa shape index (κ2) is 8.65. The van der Waals surface area contributed by atoms with Crippen LogP contribution in [0.1, 0.15) is 35.9 Å². The van der Waals surface area contributed by atoms with Crippen LogP contribution >= 0.6 is 0 Å². The van der Waals surface area contributed by atoms with Gasteiger partial charge in [0.25, 0.3) is 5.91 Å². The minimum Gasteiger partial charge on any atom is -0.351 e. The van der Waals surface area contributed by atoms with E-state index < -0.39 is 12.3 Å². The van der Waals surface area contributed by atoms with Crippen molar-refractivity contribution in [1.29, 1.82) is 0 Å². The van der Waals surface area contributed by atoms with Crippen LogP contribution in [0.15, 0.2) is 60.7 Å². The summed E-state index contributed by atoms with van der Waals surface area (Å²) in [6.45, 7) is 4.81. The lowest BCUT2D eigenvalue weighted by molar-refractivity contribution is -0.153. The van der Waals surface area contributed by atoms with Gasteiger partial charge in [0, 0.05) is 24.1 Å². The molecule has 0 spiro atoms. The van der Waals surface area contributed by atoms with Gasteiger partial charge in [-0.3, -0.25) is 4.79 Å².